The van der Waals surface area contributed by atoms with E-state index in [-0.39, 0.29) is 72.0 Å². The van der Waals surface area contributed by atoms with Gasteiger partial charge in [-0.15, -0.1) is 0 Å². The lowest BCUT2D eigenvalue weighted by Gasteiger charge is -2.60. The molecule has 334 valence electrons. The van der Waals surface area contributed by atoms with E-state index in [9.17, 15) is 37.2 Å². The fourth-order valence-electron chi connectivity index (χ4n) is 8.76. The number of aromatic nitrogens is 4. The standard InChI is InChI=1S/C30H33F3N6O2S.C12H11FN4O2.C2H6/c1-3-37(2)42-36-26-8-6-24(31)27(23(26)16-34)41-21-5-7-25-22(11-21)28(40)39(18-35-25)20-14-29(15-20)12-19(13-29)38-10-4-9-30(32,33)17-38;1-16-9-3-2-7(13)6-8(9)11(15-16)17-5-4-10(18)14-12(17)19;1-2/h5-8,11,18-20,36H,3-4,9-10,12-15,17H2,1-2H3;2-3,6H,4-5H2,1H3,(H,14,18,19);1-2H3. The fourth-order valence-corrected chi connectivity index (χ4v) is 9.32. The third kappa shape index (κ3) is 9.48. The molecule has 2 N–H and O–H groups in total. The molecule has 19 heteroatoms. The molecule has 2 aliphatic carbocycles. The van der Waals surface area contributed by atoms with E-state index in [1.54, 1.807) is 40.8 Å². The molecule has 5 aromatic rings. The lowest BCUT2D eigenvalue weighted by molar-refractivity contribution is -0.130. The molecule has 4 fully saturated rings. The molecule has 1 spiro atoms. The number of fused-ring (bicyclic) bond motifs is 2. The van der Waals surface area contributed by atoms with Crippen molar-refractivity contribution in [2.75, 3.05) is 42.8 Å². The number of hydrogen-bond acceptors (Lipinski definition) is 11. The van der Waals surface area contributed by atoms with Crippen LogP contribution in [0.15, 0.2) is 59.7 Å². The highest BCUT2D eigenvalue weighted by atomic mass is 32.2. The van der Waals surface area contributed by atoms with Crippen molar-refractivity contribution in [3.8, 4) is 17.6 Å². The number of halogens is 4. The second-order valence-corrected chi connectivity index (χ2v) is 17.2. The Bertz CT molecular complexity index is 2620. The highest BCUT2D eigenvalue weighted by molar-refractivity contribution is 7.98. The zero-order chi connectivity index (χ0) is 45.2. The van der Waals surface area contributed by atoms with Crippen LogP contribution in [0.2, 0.25) is 0 Å². The molecular formula is C44H50F4N10O4S. The van der Waals surface area contributed by atoms with Gasteiger partial charge in [-0.2, -0.15) is 10.4 Å². The lowest BCUT2D eigenvalue weighted by atomic mass is 9.51. The Morgan fingerprint density at radius 1 is 1.02 bits per heavy atom. The maximum Gasteiger partial charge on any atom is 0.329 e. The molecule has 2 aromatic heterocycles. The number of piperidine rings is 1. The molecule has 3 aromatic carbocycles. The Morgan fingerprint density at radius 3 is 2.46 bits per heavy atom. The zero-order valence-corrected chi connectivity index (χ0v) is 36.6. The number of amides is 3. The maximum atomic E-state index is 14.8. The van der Waals surface area contributed by atoms with Crippen LogP contribution < -0.4 is 25.2 Å². The van der Waals surface area contributed by atoms with Gasteiger partial charge < -0.3 is 9.46 Å². The van der Waals surface area contributed by atoms with Crippen molar-refractivity contribution in [2.45, 2.75) is 83.7 Å². The summed E-state index contributed by atoms with van der Waals surface area (Å²) in [7, 11) is 3.60. The number of anilines is 2. The monoisotopic (exact) mass is 890 g/mol. The largest absolute Gasteiger partial charge is 0.453 e. The molecule has 2 saturated carbocycles. The van der Waals surface area contributed by atoms with Crippen LogP contribution >= 0.6 is 12.1 Å². The van der Waals surface area contributed by atoms with E-state index < -0.39 is 23.6 Å². The highest BCUT2D eigenvalue weighted by Crippen LogP contribution is 2.61. The Labute approximate surface area is 366 Å². The third-order valence-electron chi connectivity index (χ3n) is 12.1. The first kappa shape index (κ1) is 45.3. The van der Waals surface area contributed by atoms with Crippen molar-refractivity contribution in [2.24, 2.45) is 12.5 Å². The van der Waals surface area contributed by atoms with Crippen LogP contribution in [0.4, 0.5) is 33.9 Å². The SMILES string of the molecule is CC.CCN(C)SNc1ccc(F)c(Oc2ccc3ncn(C4CC5(CC(N6CCCC(F)(F)C6)C5)C4)c(=O)c3c2)c1C#N.Cn1nc(N2CCC(=O)NC2=O)c2cc(F)ccc21. The number of likely N-dealkylation sites (tertiary alicyclic amines) is 1. The van der Waals surface area contributed by atoms with Gasteiger partial charge in [-0.05, 0) is 99.6 Å². The summed E-state index contributed by atoms with van der Waals surface area (Å²) in [4.78, 5) is 44.2. The number of nitrogens with zero attached hydrogens (tertiary/aromatic N) is 8. The molecule has 14 nitrogen and oxygen atoms in total. The van der Waals surface area contributed by atoms with Gasteiger partial charge in [-0.25, -0.2) is 31.6 Å². The van der Waals surface area contributed by atoms with E-state index in [4.69, 9.17) is 4.74 Å². The third-order valence-corrected chi connectivity index (χ3v) is 12.9. The van der Waals surface area contributed by atoms with Crippen molar-refractivity contribution in [3.05, 3.63) is 82.4 Å². The molecular weight excluding hydrogens is 841 g/mol. The molecule has 9 rings (SSSR count). The van der Waals surface area contributed by atoms with Crippen molar-refractivity contribution in [1.29, 1.82) is 5.26 Å². The van der Waals surface area contributed by atoms with Gasteiger partial charge in [-0.3, -0.25) is 34.0 Å². The second kappa shape index (κ2) is 18.6. The van der Waals surface area contributed by atoms with Crippen LogP contribution in [-0.2, 0) is 11.8 Å². The first-order chi connectivity index (χ1) is 30.2. The minimum absolute atomic E-state index is 0.00753. The van der Waals surface area contributed by atoms with E-state index in [1.165, 1.54) is 47.4 Å². The van der Waals surface area contributed by atoms with Crippen LogP contribution in [-0.4, -0.2) is 85.7 Å². The van der Waals surface area contributed by atoms with Gasteiger partial charge in [0.1, 0.15) is 23.2 Å². The van der Waals surface area contributed by atoms with Crippen molar-refractivity contribution in [1.82, 2.24) is 33.9 Å². The predicted octanol–water partition coefficient (Wildman–Crippen LogP) is 8.53. The van der Waals surface area contributed by atoms with E-state index in [0.29, 0.717) is 34.2 Å². The smallest absolute Gasteiger partial charge is 0.329 e. The number of aryl methyl sites for hydroxylation is 1. The van der Waals surface area contributed by atoms with E-state index in [1.807, 2.05) is 43.1 Å². The Hall–Kier alpha value is -5.71. The number of urea groups is 1. The summed E-state index contributed by atoms with van der Waals surface area (Å²) in [6.07, 6.45) is 5.70. The van der Waals surface area contributed by atoms with Crippen LogP contribution in [0.25, 0.3) is 21.8 Å². The first-order valence-corrected chi connectivity index (χ1v) is 21.8. The predicted molar refractivity (Wildman–Crippen MR) is 234 cm³/mol. The molecule has 3 amide bonds. The van der Waals surface area contributed by atoms with E-state index >= 15 is 0 Å². The number of carbonyl (C=O) groups is 2. The molecule has 0 atom stereocenters. The molecule has 0 radical (unpaired) electrons. The molecule has 0 bridgehead atoms. The fraction of sp³-hybridized carbons (Fsp3) is 0.455. The van der Waals surface area contributed by atoms with Crippen LogP contribution in [0.5, 0.6) is 11.5 Å². The Balaban J connectivity index is 0.000000236. The van der Waals surface area contributed by atoms with Crippen molar-refractivity contribution in [3.63, 3.8) is 0 Å². The molecule has 2 saturated heterocycles. The normalized spacial score (nSPS) is 21.7. The number of hydrogen-bond donors (Lipinski definition) is 2. The quantitative estimate of drug-likeness (QED) is 0.108. The second-order valence-electron chi connectivity index (χ2n) is 16.2. The molecule has 0 unspecified atom stereocenters. The summed E-state index contributed by atoms with van der Waals surface area (Å²) in [5.41, 5.74) is 1.53. The van der Waals surface area contributed by atoms with Crippen LogP contribution in [0.3, 0.4) is 0 Å². The number of benzene rings is 3. The zero-order valence-electron chi connectivity index (χ0n) is 35.8. The average Bonchev–Trinajstić information content (AvgIpc) is 3.55. The molecule has 2 aliphatic heterocycles. The van der Waals surface area contributed by atoms with Crippen molar-refractivity contribution < 1.29 is 31.9 Å². The molecule has 63 heavy (non-hydrogen) atoms. The Morgan fingerprint density at radius 2 is 1.76 bits per heavy atom. The topological polar surface area (TPSA) is 154 Å². The summed E-state index contributed by atoms with van der Waals surface area (Å²) in [6, 6.07) is 13.4. The van der Waals surface area contributed by atoms with E-state index in [2.05, 4.69) is 20.1 Å². The molecule has 4 heterocycles. The first-order valence-electron chi connectivity index (χ1n) is 21.1. The number of imide groups is 1. The van der Waals surface area contributed by atoms with Crippen LogP contribution in [0, 0.1) is 28.4 Å². The number of nitriles is 1. The summed E-state index contributed by atoms with van der Waals surface area (Å²) in [5, 5.41) is 17.1. The van der Waals surface area contributed by atoms with Gasteiger partial charge in [0, 0.05) is 62.6 Å². The lowest BCUT2D eigenvalue weighted by Crippen LogP contribution is -2.60. The summed E-state index contributed by atoms with van der Waals surface area (Å²) in [6.45, 7) is 7.57. The van der Waals surface area contributed by atoms with Gasteiger partial charge >= 0.3 is 6.03 Å². The maximum absolute atomic E-state index is 14.8. The number of alkyl halides is 2. The van der Waals surface area contributed by atoms with Gasteiger partial charge in [0.05, 0.1) is 35.0 Å². The number of ether oxygens (including phenoxy) is 1. The van der Waals surface area contributed by atoms with Gasteiger partial charge in [0.2, 0.25) is 5.91 Å². The van der Waals surface area contributed by atoms with Gasteiger partial charge in [0.15, 0.2) is 17.4 Å². The summed E-state index contributed by atoms with van der Waals surface area (Å²) >= 11 is 1.28. The van der Waals surface area contributed by atoms with Gasteiger partial charge in [0.25, 0.3) is 11.5 Å². The highest BCUT2D eigenvalue weighted by Gasteiger charge is 2.56. The van der Waals surface area contributed by atoms with E-state index in [0.717, 1.165) is 44.3 Å². The Kier molecular flexibility index (Phi) is 13.4. The minimum Gasteiger partial charge on any atom is -0.453 e. The number of rotatable bonds is 9. The van der Waals surface area contributed by atoms with Gasteiger partial charge in [-0.1, -0.05) is 20.8 Å². The van der Waals surface area contributed by atoms with Crippen LogP contribution in [0.1, 0.15) is 77.3 Å². The van der Waals surface area contributed by atoms with Crippen molar-refractivity contribution >= 4 is 57.4 Å². The average molecular weight is 891 g/mol. The minimum atomic E-state index is -2.60. The summed E-state index contributed by atoms with van der Waals surface area (Å²) < 4.78 is 70.0. The number of nitrogens with one attached hydrogen (secondary N) is 2. The summed E-state index contributed by atoms with van der Waals surface area (Å²) in [5.74, 6) is -3.64. The number of carbonyl (C=O) groups excluding carboxylic acids is 2. The molecule has 4 aliphatic rings.